The van der Waals surface area contributed by atoms with E-state index in [1.807, 2.05) is 61.2 Å². The third-order valence-corrected chi connectivity index (χ3v) is 5.60. The Morgan fingerprint density at radius 2 is 1.69 bits per heavy atom. The van der Waals surface area contributed by atoms with Crippen LogP contribution in [0, 0.1) is 20.8 Å². The molecular formula is C23H26N4O2. The van der Waals surface area contributed by atoms with E-state index in [-0.39, 0.29) is 11.9 Å². The maximum Gasteiger partial charge on any atom is 0.321 e. The van der Waals surface area contributed by atoms with E-state index in [0.717, 1.165) is 35.2 Å². The van der Waals surface area contributed by atoms with Gasteiger partial charge in [-0.15, -0.1) is 0 Å². The lowest BCUT2D eigenvalue weighted by atomic mass is 9.97. The van der Waals surface area contributed by atoms with E-state index in [0.29, 0.717) is 24.8 Å². The summed E-state index contributed by atoms with van der Waals surface area (Å²) in [5, 5.41) is 7.21. The number of carbonyl (C=O) groups excluding carboxylic acids is 1. The zero-order valence-corrected chi connectivity index (χ0v) is 17.1. The number of hydrogen-bond donors (Lipinski definition) is 1. The monoisotopic (exact) mass is 390 g/mol. The Morgan fingerprint density at radius 1 is 1.03 bits per heavy atom. The lowest BCUT2D eigenvalue weighted by molar-refractivity contribution is 0.187. The lowest BCUT2D eigenvalue weighted by Gasteiger charge is -2.30. The van der Waals surface area contributed by atoms with Gasteiger partial charge in [-0.25, -0.2) is 4.79 Å². The molecule has 1 aliphatic heterocycles. The first-order chi connectivity index (χ1) is 14.0. The van der Waals surface area contributed by atoms with Gasteiger partial charge in [-0.1, -0.05) is 53.2 Å². The molecule has 0 saturated carbocycles. The molecule has 1 aliphatic rings. The van der Waals surface area contributed by atoms with Crippen LogP contribution in [0.5, 0.6) is 0 Å². The fourth-order valence-corrected chi connectivity index (χ4v) is 3.75. The van der Waals surface area contributed by atoms with Gasteiger partial charge in [-0.3, -0.25) is 0 Å². The van der Waals surface area contributed by atoms with E-state index in [4.69, 9.17) is 4.52 Å². The van der Waals surface area contributed by atoms with Crippen LogP contribution in [-0.2, 0) is 0 Å². The van der Waals surface area contributed by atoms with Crippen molar-refractivity contribution < 1.29 is 9.32 Å². The van der Waals surface area contributed by atoms with Crippen molar-refractivity contribution in [2.24, 2.45) is 0 Å². The number of piperidine rings is 1. The van der Waals surface area contributed by atoms with Gasteiger partial charge in [0, 0.05) is 30.3 Å². The first-order valence-corrected chi connectivity index (χ1v) is 10.0. The number of nitrogens with one attached hydrogen (secondary N) is 1. The smallest absolute Gasteiger partial charge is 0.321 e. The van der Waals surface area contributed by atoms with Crippen LogP contribution in [0.4, 0.5) is 10.5 Å². The number of benzene rings is 2. The summed E-state index contributed by atoms with van der Waals surface area (Å²) >= 11 is 0. The van der Waals surface area contributed by atoms with Gasteiger partial charge in [-0.2, -0.15) is 4.98 Å². The van der Waals surface area contributed by atoms with E-state index >= 15 is 0 Å². The van der Waals surface area contributed by atoms with Crippen molar-refractivity contribution in [1.29, 1.82) is 0 Å². The number of hydrogen-bond acceptors (Lipinski definition) is 4. The number of carbonyl (C=O) groups is 1. The molecule has 0 aliphatic carbocycles. The summed E-state index contributed by atoms with van der Waals surface area (Å²) < 4.78 is 5.53. The molecule has 6 heteroatoms. The first-order valence-electron chi connectivity index (χ1n) is 10.0. The largest absolute Gasteiger partial charge is 0.339 e. The highest BCUT2D eigenvalue weighted by Gasteiger charge is 2.28. The minimum atomic E-state index is -0.0493. The van der Waals surface area contributed by atoms with Crippen LogP contribution in [0.1, 0.15) is 41.3 Å². The van der Waals surface area contributed by atoms with Gasteiger partial charge in [-0.05, 0) is 44.7 Å². The molecule has 29 heavy (non-hydrogen) atoms. The molecular weight excluding hydrogens is 364 g/mol. The van der Waals surface area contributed by atoms with Gasteiger partial charge >= 0.3 is 6.03 Å². The Hall–Kier alpha value is -3.15. The highest BCUT2D eigenvalue weighted by atomic mass is 16.5. The lowest BCUT2D eigenvalue weighted by Crippen LogP contribution is -2.40. The molecule has 0 unspecified atom stereocenters. The van der Waals surface area contributed by atoms with Crippen LogP contribution < -0.4 is 5.32 Å². The van der Waals surface area contributed by atoms with E-state index in [2.05, 4.69) is 22.4 Å². The van der Waals surface area contributed by atoms with Gasteiger partial charge in [0.2, 0.25) is 11.7 Å². The Kier molecular flexibility index (Phi) is 5.34. The average Bonchev–Trinajstić information content (AvgIpc) is 3.21. The van der Waals surface area contributed by atoms with Crippen molar-refractivity contribution in [3.63, 3.8) is 0 Å². The van der Waals surface area contributed by atoms with Gasteiger partial charge in [0.25, 0.3) is 0 Å². The number of para-hydroxylation sites is 1. The van der Waals surface area contributed by atoms with Crippen molar-refractivity contribution in [3.8, 4) is 11.4 Å². The molecule has 1 saturated heterocycles. The highest BCUT2D eigenvalue weighted by molar-refractivity contribution is 5.91. The van der Waals surface area contributed by atoms with Gasteiger partial charge in [0.15, 0.2) is 0 Å². The van der Waals surface area contributed by atoms with Gasteiger partial charge in [0.05, 0.1) is 0 Å². The zero-order valence-electron chi connectivity index (χ0n) is 17.1. The van der Waals surface area contributed by atoms with Crippen LogP contribution in [0.15, 0.2) is 47.0 Å². The molecule has 2 amide bonds. The normalized spacial score (nSPS) is 14.8. The number of likely N-dealkylation sites (tertiary alicyclic amines) is 1. The molecule has 1 aromatic heterocycles. The maximum absolute atomic E-state index is 12.7. The summed E-state index contributed by atoms with van der Waals surface area (Å²) in [5.41, 5.74) is 5.20. The number of rotatable bonds is 3. The summed E-state index contributed by atoms with van der Waals surface area (Å²) in [5.74, 6) is 1.47. The van der Waals surface area contributed by atoms with Gasteiger partial charge in [0.1, 0.15) is 0 Å². The molecule has 0 bridgehead atoms. The second-order valence-corrected chi connectivity index (χ2v) is 7.78. The molecule has 2 heterocycles. The van der Waals surface area contributed by atoms with Crippen LogP contribution in [0.2, 0.25) is 0 Å². The number of amides is 2. The number of aryl methyl sites for hydroxylation is 3. The molecule has 6 nitrogen and oxygen atoms in total. The Bertz CT molecular complexity index is 982. The Balaban J connectivity index is 1.37. The van der Waals surface area contributed by atoms with Crippen LogP contribution in [0.25, 0.3) is 11.4 Å². The minimum Gasteiger partial charge on any atom is -0.339 e. The van der Waals surface area contributed by atoms with Gasteiger partial charge < -0.3 is 14.7 Å². The standard InChI is InChI=1S/C23H26N4O2/c1-15-7-9-18(10-8-15)21-25-22(29-26-21)19-11-13-27(14-12-19)23(28)24-20-16(2)5-4-6-17(20)3/h4-10,19H,11-14H2,1-3H3,(H,24,28). The number of anilines is 1. The maximum atomic E-state index is 12.7. The van der Waals surface area contributed by atoms with Crippen LogP contribution in [-0.4, -0.2) is 34.2 Å². The summed E-state index contributed by atoms with van der Waals surface area (Å²) in [4.78, 5) is 19.2. The van der Waals surface area contributed by atoms with E-state index in [1.54, 1.807) is 0 Å². The predicted molar refractivity (Wildman–Crippen MR) is 113 cm³/mol. The summed E-state index contributed by atoms with van der Waals surface area (Å²) in [6, 6.07) is 14.1. The van der Waals surface area contributed by atoms with Crippen molar-refractivity contribution in [1.82, 2.24) is 15.0 Å². The summed E-state index contributed by atoms with van der Waals surface area (Å²) in [7, 11) is 0. The van der Waals surface area contributed by atoms with E-state index in [1.165, 1.54) is 5.56 Å². The SMILES string of the molecule is Cc1ccc(-c2noc(C3CCN(C(=O)Nc4c(C)cccc4C)CC3)n2)cc1. The fourth-order valence-electron chi connectivity index (χ4n) is 3.75. The molecule has 0 spiro atoms. The Labute approximate surface area is 170 Å². The number of nitrogens with zero attached hydrogens (tertiary/aromatic N) is 3. The average molecular weight is 390 g/mol. The Morgan fingerprint density at radius 3 is 2.34 bits per heavy atom. The van der Waals surface area contributed by atoms with Crippen molar-refractivity contribution >= 4 is 11.7 Å². The molecule has 4 rings (SSSR count). The van der Waals surface area contributed by atoms with Crippen LogP contribution in [0.3, 0.4) is 0 Å². The molecule has 1 fully saturated rings. The van der Waals surface area contributed by atoms with Crippen LogP contribution >= 0.6 is 0 Å². The second kappa shape index (κ2) is 8.07. The van der Waals surface area contributed by atoms with Crippen molar-refractivity contribution in [2.75, 3.05) is 18.4 Å². The first kappa shape index (κ1) is 19.2. The molecule has 3 aromatic rings. The van der Waals surface area contributed by atoms with Crippen molar-refractivity contribution in [2.45, 2.75) is 39.5 Å². The molecule has 1 N–H and O–H groups in total. The molecule has 0 radical (unpaired) electrons. The molecule has 2 aromatic carbocycles. The minimum absolute atomic E-state index is 0.0493. The van der Waals surface area contributed by atoms with Crippen molar-refractivity contribution in [3.05, 3.63) is 65.0 Å². The summed E-state index contributed by atoms with van der Waals surface area (Å²) in [6.07, 6.45) is 1.63. The highest BCUT2D eigenvalue weighted by Crippen LogP contribution is 2.29. The van der Waals surface area contributed by atoms with E-state index in [9.17, 15) is 4.79 Å². The fraction of sp³-hybridized carbons (Fsp3) is 0.348. The second-order valence-electron chi connectivity index (χ2n) is 7.78. The zero-order chi connectivity index (χ0) is 20.4. The van der Waals surface area contributed by atoms with E-state index < -0.39 is 0 Å². The third-order valence-electron chi connectivity index (χ3n) is 5.60. The molecule has 150 valence electrons. The quantitative estimate of drug-likeness (QED) is 0.677. The predicted octanol–water partition coefficient (Wildman–Crippen LogP) is 5.07. The summed E-state index contributed by atoms with van der Waals surface area (Å²) in [6.45, 7) is 7.41. The topological polar surface area (TPSA) is 71.3 Å². The number of urea groups is 1. The molecule has 0 atom stereocenters. The third kappa shape index (κ3) is 4.16. The number of aromatic nitrogens is 2.